The largest absolute Gasteiger partial charge is 0.374 e. The van der Waals surface area contributed by atoms with Gasteiger partial charge < -0.3 is 9.88 Å². The number of aromatic nitrogens is 2. The Morgan fingerprint density at radius 3 is 3.00 bits per heavy atom. The molecule has 20 heavy (non-hydrogen) atoms. The fourth-order valence-corrected chi connectivity index (χ4v) is 2.28. The van der Waals surface area contributed by atoms with Gasteiger partial charge in [0.2, 0.25) is 0 Å². The average molecular weight is 339 g/mol. The molecule has 6 nitrogen and oxygen atoms in total. The van der Waals surface area contributed by atoms with E-state index in [2.05, 4.69) is 33.2 Å². The SMILES string of the molecule is CCCn1cncc1CNc1ccc(Br)cc1[N+](=O)[O-]. The molecule has 0 atom stereocenters. The number of aryl methyl sites for hydroxylation is 1. The van der Waals surface area contributed by atoms with Gasteiger partial charge in [-0.15, -0.1) is 0 Å². The van der Waals surface area contributed by atoms with Crippen LogP contribution in [-0.4, -0.2) is 14.5 Å². The van der Waals surface area contributed by atoms with Crippen LogP contribution in [-0.2, 0) is 13.1 Å². The molecule has 0 aliphatic heterocycles. The molecule has 0 aliphatic carbocycles. The number of hydrogen-bond acceptors (Lipinski definition) is 4. The number of imidazole rings is 1. The second kappa shape index (κ2) is 6.51. The van der Waals surface area contributed by atoms with Gasteiger partial charge in [-0.25, -0.2) is 4.98 Å². The van der Waals surface area contributed by atoms with Crippen molar-refractivity contribution in [2.45, 2.75) is 26.4 Å². The molecule has 0 saturated carbocycles. The van der Waals surface area contributed by atoms with Gasteiger partial charge in [-0.3, -0.25) is 10.1 Å². The van der Waals surface area contributed by atoms with Crippen LogP contribution in [0, 0.1) is 10.1 Å². The summed E-state index contributed by atoms with van der Waals surface area (Å²) in [5, 5.41) is 14.1. The van der Waals surface area contributed by atoms with E-state index < -0.39 is 4.92 Å². The normalized spacial score (nSPS) is 10.5. The topological polar surface area (TPSA) is 73.0 Å². The van der Waals surface area contributed by atoms with Crippen LogP contribution < -0.4 is 5.32 Å². The maximum Gasteiger partial charge on any atom is 0.293 e. The molecule has 0 amide bonds. The zero-order valence-electron chi connectivity index (χ0n) is 11.0. The van der Waals surface area contributed by atoms with E-state index in [1.165, 1.54) is 6.07 Å². The first-order valence-corrected chi connectivity index (χ1v) is 7.08. The number of anilines is 1. The third-order valence-corrected chi connectivity index (χ3v) is 3.37. The Hall–Kier alpha value is -1.89. The molecule has 2 aromatic rings. The Morgan fingerprint density at radius 2 is 2.30 bits per heavy atom. The molecule has 1 N–H and O–H groups in total. The molecule has 1 heterocycles. The van der Waals surface area contributed by atoms with Crippen molar-refractivity contribution in [3.63, 3.8) is 0 Å². The molecule has 1 aromatic carbocycles. The molecule has 0 unspecified atom stereocenters. The van der Waals surface area contributed by atoms with Crippen LogP contribution in [0.4, 0.5) is 11.4 Å². The Labute approximate surface area is 125 Å². The number of nitrogens with zero attached hydrogens (tertiary/aromatic N) is 3. The first-order chi connectivity index (χ1) is 9.61. The van der Waals surface area contributed by atoms with Gasteiger partial charge in [0.25, 0.3) is 5.69 Å². The lowest BCUT2D eigenvalue weighted by atomic mass is 10.2. The lowest BCUT2D eigenvalue weighted by Crippen LogP contribution is -2.08. The predicted octanol–water partition coefficient (Wildman–Crippen LogP) is 3.58. The number of halogens is 1. The fourth-order valence-electron chi connectivity index (χ4n) is 1.93. The third kappa shape index (κ3) is 3.36. The van der Waals surface area contributed by atoms with Crippen LogP contribution in [0.15, 0.2) is 35.2 Å². The van der Waals surface area contributed by atoms with Gasteiger partial charge in [0.05, 0.1) is 23.5 Å². The summed E-state index contributed by atoms with van der Waals surface area (Å²) >= 11 is 3.24. The van der Waals surface area contributed by atoms with E-state index >= 15 is 0 Å². The van der Waals surface area contributed by atoms with Gasteiger partial charge >= 0.3 is 0 Å². The average Bonchev–Trinajstić information content (AvgIpc) is 2.85. The molecular formula is C13H15BrN4O2. The first kappa shape index (κ1) is 14.5. The van der Waals surface area contributed by atoms with Gasteiger partial charge in [-0.2, -0.15) is 0 Å². The van der Waals surface area contributed by atoms with E-state index in [-0.39, 0.29) is 5.69 Å². The van der Waals surface area contributed by atoms with E-state index in [1.807, 2.05) is 4.57 Å². The van der Waals surface area contributed by atoms with Crippen LogP contribution >= 0.6 is 15.9 Å². The first-order valence-electron chi connectivity index (χ1n) is 6.28. The molecule has 0 spiro atoms. The minimum atomic E-state index is -0.392. The monoisotopic (exact) mass is 338 g/mol. The zero-order valence-corrected chi connectivity index (χ0v) is 12.6. The lowest BCUT2D eigenvalue weighted by Gasteiger charge is -2.09. The van der Waals surface area contributed by atoms with Crippen molar-refractivity contribution in [3.05, 3.63) is 51.0 Å². The summed E-state index contributed by atoms with van der Waals surface area (Å²) in [6, 6.07) is 4.97. The van der Waals surface area contributed by atoms with E-state index in [1.54, 1.807) is 24.7 Å². The molecule has 7 heteroatoms. The van der Waals surface area contributed by atoms with Gasteiger partial charge in [0, 0.05) is 23.3 Å². The van der Waals surface area contributed by atoms with Crippen molar-refractivity contribution < 1.29 is 4.92 Å². The number of benzene rings is 1. The summed E-state index contributed by atoms with van der Waals surface area (Å²) in [5.41, 5.74) is 1.56. The molecule has 2 rings (SSSR count). The number of nitro groups is 1. The summed E-state index contributed by atoms with van der Waals surface area (Å²) < 4.78 is 2.73. The predicted molar refractivity (Wildman–Crippen MR) is 80.6 cm³/mol. The van der Waals surface area contributed by atoms with Crippen LogP contribution in [0.2, 0.25) is 0 Å². The Morgan fingerprint density at radius 1 is 1.50 bits per heavy atom. The van der Waals surface area contributed by atoms with Gasteiger partial charge in [0.15, 0.2) is 0 Å². The number of nitro benzene ring substituents is 1. The summed E-state index contributed by atoms with van der Waals surface area (Å²) in [6.45, 7) is 3.48. The number of rotatable bonds is 6. The van der Waals surface area contributed by atoms with E-state index in [4.69, 9.17) is 0 Å². The molecule has 0 bridgehead atoms. The van der Waals surface area contributed by atoms with Gasteiger partial charge in [-0.05, 0) is 18.6 Å². The Kier molecular flexibility index (Phi) is 4.73. The molecule has 0 fully saturated rings. The minimum absolute atomic E-state index is 0.0564. The maximum atomic E-state index is 11.0. The third-order valence-electron chi connectivity index (χ3n) is 2.88. The maximum absolute atomic E-state index is 11.0. The van der Waals surface area contributed by atoms with E-state index in [0.29, 0.717) is 16.7 Å². The van der Waals surface area contributed by atoms with E-state index in [0.717, 1.165) is 18.7 Å². The van der Waals surface area contributed by atoms with Crippen LogP contribution in [0.5, 0.6) is 0 Å². The van der Waals surface area contributed by atoms with E-state index in [9.17, 15) is 10.1 Å². The Bertz CT molecular complexity index is 612. The van der Waals surface area contributed by atoms with Crippen molar-refractivity contribution in [2.75, 3.05) is 5.32 Å². The van der Waals surface area contributed by atoms with Crippen molar-refractivity contribution in [1.82, 2.24) is 9.55 Å². The minimum Gasteiger partial charge on any atom is -0.374 e. The quantitative estimate of drug-likeness (QED) is 0.645. The highest BCUT2D eigenvalue weighted by Gasteiger charge is 2.14. The summed E-state index contributed by atoms with van der Waals surface area (Å²) in [7, 11) is 0. The highest BCUT2D eigenvalue weighted by Crippen LogP contribution is 2.28. The fraction of sp³-hybridized carbons (Fsp3) is 0.308. The van der Waals surface area contributed by atoms with Gasteiger partial charge in [-0.1, -0.05) is 22.9 Å². The molecule has 1 aromatic heterocycles. The second-order valence-corrected chi connectivity index (χ2v) is 5.27. The summed E-state index contributed by atoms with van der Waals surface area (Å²) in [6.07, 6.45) is 4.56. The van der Waals surface area contributed by atoms with Gasteiger partial charge in [0.1, 0.15) is 5.69 Å². The lowest BCUT2D eigenvalue weighted by molar-refractivity contribution is -0.384. The molecule has 106 valence electrons. The molecular weight excluding hydrogens is 324 g/mol. The number of nitrogens with one attached hydrogen (secondary N) is 1. The van der Waals surface area contributed by atoms with Crippen molar-refractivity contribution in [1.29, 1.82) is 0 Å². The summed E-state index contributed by atoms with van der Waals surface area (Å²) in [4.78, 5) is 14.7. The standard InChI is InChI=1S/C13H15BrN4O2/c1-2-5-17-9-15-7-11(17)8-16-12-4-3-10(14)6-13(12)18(19)20/h3-4,6-7,9,16H,2,5,8H2,1H3. The van der Waals surface area contributed by atoms with Crippen molar-refractivity contribution in [2.24, 2.45) is 0 Å². The van der Waals surface area contributed by atoms with Crippen molar-refractivity contribution >= 4 is 27.3 Å². The molecule has 0 radical (unpaired) electrons. The number of hydrogen-bond donors (Lipinski definition) is 1. The highest BCUT2D eigenvalue weighted by atomic mass is 79.9. The highest BCUT2D eigenvalue weighted by molar-refractivity contribution is 9.10. The summed E-state index contributed by atoms with van der Waals surface area (Å²) in [5.74, 6) is 0. The second-order valence-electron chi connectivity index (χ2n) is 4.35. The van der Waals surface area contributed by atoms with Crippen LogP contribution in [0.25, 0.3) is 0 Å². The molecule has 0 saturated heterocycles. The zero-order chi connectivity index (χ0) is 14.5. The molecule has 0 aliphatic rings. The van der Waals surface area contributed by atoms with Crippen LogP contribution in [0.3, 0.4) is 0 Å². The smallest absolute Gasteiger partial charge is 0.293 e. The van der Waals surface area contributed by atoms with Crippen LogP contribution in [0.1, 0.15) is 19.0 Å². The Balaban J connectivity index is 2.14. The van der Waals surface area contributed by atoms with Crippen molar-refractivity contribution in [3.8, 4) is 0 Å².